The zero-order valence-electron chi connectivity index (χ0n) is 12.5. The smallest absolute Gasteiger partial charge is 0.326 e. The number of thiazole rings is 1. The van der Waals surface area contributed by atoms with E-state index in [0.717, 1.165) is 16.3 Å². The van der Waals surface area contributed by atoms with Gasteiger partial charge in [-0.1, -0.05) is 20.8 Å². The highest BCUT2D eigenvalue weighted by Crippen LogP contribution is 2.20. The van der Waals surface area contributed by atoms with Crippen molar-refractivity contribution in [2.24, 2.45) is 5.41 Å². The van der Waals surface area contributed by atoms with Crippen molar-refractivity contribution in [2.45, 2.75) is 40.2 Å². The van der Waals surface area contributed by atoms with Gasteiger partial charge in [0.1, 0.15) is 6.04 Å². The summed E-state index contributed by atoms with van der Waals surface area (Å²) in [6, 6.07) is -0.913. The van der Waals surface area contributed by atoms with Crippen molar-refractivity contribution < 1.29 is 14.7 Å². The third-order valence-corrected chi connectivity index (χ3v) is 4.05. The third kappa shape index (κ3) is 3.41. The summed E-state index contributed by atoms with van der Waals surface area (Å²) in [6.07, 6.45) is 2.00. The molecule has 7 heteroatoms. The van der Waals surface area contributed by atoms with Crippen molar-refractivity contribution >= 4 is 28.2 Å². The molecule has 0 aliphatic rings. The molecular weight excluding hydrogens is 290 g/mol. The summed E-state index contributed by atoms with van der Waals surface area (Å²) in [5.74, 6) is -1.33. The molecule has 1 amide bonds. The maximum atomic E-state index is 12.1. The molecule has 1 atom stereocenters. The Bertz CT molecular complexity index is 681. The number of carbonyl (C=O) groups is 2. The van der Waals surface area contributed by atoms with Gasteiger partial charge in [-0.2, -0.15) is 0 Å². The van der Waals surface area contributed by atoms with Gasteiger partial charge in [-0.15, -0.1) is 11.3 Å². The Balaban J connectivity index is 2.12. The van der Waals surface area contributed by atoms with Crippen molar-refractivity contribution in [3.63, 3.8) is 0 Å². The predicted octanol–water partition coefficient (Wildman–Crippen LogP) is 1.86. The fraction of sp³-hybridized carbons (Fsp3) is 0.500. The summed E-state index contributed by atoms with van der Waals surface area (Å²) in [7, 11) is 0. The number of carbonyl (C=O) groups excluding carboxylic acids is 1. The number of aliphatic carboxylic acids is 1. The number of hydrogen-bond donors (Lipinski definition) is 2. The maximum Gasteiger partial charge on any atom is 0.326 e. The first-order valence-corrected chi connectivity index (χ1v) is 7.50. The molecule has 0 bridgehead atoms. The van der Waals surface area contributed by atoms with E-state index in [4.69, 9.17) is 0 Å². The lowest BCUT2D eigenvalue weighted by atomic mass is 9.86. The normalized spacial score (nSPS) is 13.3. The summed E-state index contributed by atoms with van der Waals surface area (Å²) in [6.45, 7) is 7.25. The van der Waals surface area contributed by atoms with Crippen molar-refractivity contribution in [3.05, 3.63) is 23.0 Å². The van der Waals surface area contributed by atoms with E-state index in [-0.39, 0.29) is 12.3 Å². The molecule has 0 saturated heterocycles. The van der Waals surface area contributed by atoms with Gasteiger partial charge in [-0.25, -0.2) is 9.78 Å². The Labute approximate surface area is 126 Å². The van der Waals surface area contributed by atoms with E-state index < -0.39 is 17.4 Å². The van der Waals surface area contributed by atoms with Crippen LogP contribution in [0.4, 0.5) is 0 Å². The standard InChI is InChI=1S/C14H19N3O3S/c1-8-6-17-9(7-21-13(17)15-8)5-10(18)16-11(12(19)20)14(2,3)4/h6-7,11H,5H2,1-4H3,(H,16,18)(H,19,20). The SMILES string of the molecule is Cc1cn2c(CC(=O)NC(C(=O)O)C(C)(C)C)csc2n1. The van der Waals surface area contributed by atoms with Crippen LogP contribution in [-0.4, -0.2) is 32.4 Å². The van der Waals surface area contributed by atoms with Gasteiger partial charge in [0, 0.05) is 17.3 Å². The molecule has 6 nitrogen and oxygen atoms in total. The third-order valence-electron chi connectivity index (χ3n) is 3.16. The average Bonchev–Trinajstić information content (AvgIpc) is 2.85. The summed E-state index contributed by atoms with van der Waals surface area (Å²) < 4.78 is 1.87. The van der Waals surface area contributed by atoms with Crippen LogP contribution in [0.5, 0.6) is 0 Å². The van der Waals surface area contributed by atoms with Gasteiger partial charge in [0.15, 0.2) is 4.96 Å². The number of carboxylic acid groups (broad SMARTS) is 1. The van der Waals surface area contributed by atoms with Crippen molar-refractivity contribution in [1.82, 2.24) is 14.7 Å². The zero-order chi connectivity index (χ0) is 15.8. The molecule has 0 radical (unpaired) electrons. The lowest BCUT2D eigenvalue weighted by Gasteiger charge is -2.27. The largest absolute Gasteiger partial charge is 0.480 e. The van der Waals surface area contributed by atoms with E-state index in [0.29, 0.717) is 0 Å². The second-order valence-corrected chi connectivity index (χ2v) is 6.98. The van der Waals surface area contributed by atoms with Crippen molar-refractivity contribution in [1.29, 1.82) is 0 Å². The van der Waals surface area contributed by atoms with Gasteiger partial charge in [-0.3, -0.25) is 9.20 Å². The van der Waals surface area contributed by atoms with E-state index in [1.165, 1.54) is 11.3 Å². The maximum absolute atomic E-state index is 12.1. The van der Waals surface area contributed by atoms with E-state index in [9.17, 15) is 14.7 Å². The monoisotopic (exact) mass is 309 g/mol. The predicted molar refractivity (Wildman–Crippen MR) is 80.5 cm³/mol. The number of nitrogens with one attached hydrogen (secondary N) is 1. The molecule has 0 aliphatic heterocycles. The van der Waals surface area contributed by atoms with Crippen molar-refractivity contribution in [2.75, 3.05) is 0 Å². The molecule has 0 fully saturated rings. The molecule has 0 aliphatic carbocycles. The average molecular weight is 309 g/mol. The summed E-state index contributed by atoms with van der Waals surface area (Å²) in [5.41, 5.74) is 1.16. The van der Waals surface area contributed by atoms with Crippen LogP contribution in [0.2, 0.25) is 0 Å². The number of carboxylic acids is 1. The first kappa shape index (κ1) is 15.5. The lowest BCUT2D eigenvalue weighted by molar-refractivity contribution is -0.144. The molecule has 0 spiro atoms. The van der Waals surface area contributed by atoms with Gasteiger partial charge in [0.2, 0.25) is 5.91 Å². The quantitative estimate of drug-likeness (QED) is 0.903. The van der Waals surface area contributed by atoms with E-state index in [1.807, 2.05) is 22.9 Å². The number of rotatable bonds is 4. The summed E-state index contributed by atoms with van der Waals surface area (Å²) in [5, 5.41) is 13.7. The number of hydrogen-bond acceptors (Lipinski definition) is 4. The molecule has 0 aromatic carbocycles. The lowest BCUT2D eigenvalue weighted by Crippen LogP contribution is -2.49. The van der Waals surface area contributed by atoms with E-state index in [1.54, 1.807) is 20.8 Å². The Morgan fingerprint density at radius 3 is 2.71 bits per heavy atom. The molecular formula is C14H19N3O3S. The van der Waals surface area contributed by atoms with Crippen LogP contribution >= 0.6 is 11.3 Å². The van der Waals surface area contributed by atoms with E-state index in [2.05, 4.69) is 10.3 Å². The highest BCUT2D eigenvalue weighted by Gasteiger charge is 2.32. The van der Waals surface area contributed by atoms with Crippen LogP contribution in [0, 0.1) is 12.3 Å². The molecule has 2 aromatic rings. The molecule has 1 unspecified atom stereocenters. The number of fused-ring (bicyclic) bond motifs is 1. The molecule has 114 valence electrons. The second-order valence-electron chi connectivity index (χ2n) is 6.14. The van der Waals surface area contributed by atoms with E-state index >= 15 is 0 Å². The Kier molecular flexibility index (Phi) is 4.04. The highest BCUT2D eigenvalue weighted by molar-refractivity contribution is 7.15. The molecule has 2 N–H and O–H groups in total. The molecule has 21 heavy (non-hydrogen) atoms. The van der Waals surface area contributed by atoms with Gasteiger partial charge >= 0.3 is 5.97 Å². The van der Waals surface area contributed by atoms with Crippen LogP contribution in [0.15, 0.2) is 11.6 Å². The van der Waals surface area contributed by atoms with Crippen LogP contribution < -0.4 is 5.32 Å². The molecule has 0 saturated carbocycles. The van der Waals surface area contributed by atoms with Crippen LogP contribution in [0.3, 0.4) is 0 Å². The van der Waals surface area contributed by atoms with Crippen LogP contribution in [-0.2, 0) is 16.0 Å². The fourth-order valence-electron chi connectivity index (χ4n) is 2.09. The minimum Gasteiger partial charge on any atom is -0.480 e. The number of nitrogens with zero attached hydrogens (tertiary/aromatic N) is 2. The van der Waals surface area contributed by atoms with Gasteiger partial charge < -0.3 is 10.4 Å². The van der Waals surface area contributed by atoms with Crippen molar-refractivity contribution in [3.8, 4) is 0 Å². The van der Waals surface area contributed by atoms with Gasteiger partial charge in [-0.05, 0) is 12.3 Å². The van der Waals surface area contributed by atoms with Crippen LogP contribution in [0.1, 0.15) is 32.2 Å². The Morgan fingerprint density at radius 1 is 1.48 bits per heavy atom. The number of imidazole rings is 1. The van der Waals surface area contributed by atoms with Gasteiger partial charge in [0.05, 0.1) is 12.1 Å². The first-order valence-electron chi connectivity index (χ1n) is 6.62. The van der Waals surface area contributed by atoms with Crippen LogP contribution in [0.25, 0.3) is 4.96 Å². The minimum atomic E-state index is -1.02. The minimum absolute atomic E-state index is 0.135. The summed E-state index contributed by atoms with van der Waals surface area (Å²) in [4.78, 5) is 28.6. The highest BCUT2D eigenvalue weighted by atomic mass is 32.1. The zero-order valence-corrected chi connectivity index (χ0v) is 13.3. The molecule has 2 rings (SSSR count). The van der Waals surface area contributed by atoms with Gasteiger partial charge in [0.25, 0.3) is 0 Å². The number of amides is 1. The summed E-state index contributed by atoms with van der Waals surface area (Å²) >= 11 is 1.46. The second kappa shape index (κ2) is 5.48. The molecule has 2 heterocycles. The number of aromatic nitrogens is 2. The Hall–Kier alpha value is -1.89. The molecule has 2 aromatic heterocycles. The first-order chi connectivity index (χ1) is 9.68. The number of aryl methyl sites for hydroxylation is 1. The Morgan fingerprint density at radius 2 is 2.14 bits per heavy atom. The fourth-order valence-corrected chi connectivity index (χ4v) is 3.01. The topological polar surface area (TPSA) is 83.7 Å².